The van der Waals surface area contributed by atoms with E-state index < -0.39 is 0 Å². The van der Waals surface area contributed by atoms with Crippen LogP contribution in [0.2, 0.25) is 5.02 Å². The predicted octanol–water partition coefficient (Wildman–Crippen LogP) is 3.42. The van der Waals surface area contributed by atoms with Crippen molar-refractivity contribution in [3.05, 3.63) is 29.5 Å². The third kappa shape index (κ3) is 3.78. The number of carbonyl (C=O) groups is 1. The van der Waals surface area contributed by atoms with Gasteiger partial charge >= 0.3 is 0 Å². The number of unbranched alkanes of at least 4 members (excludes halogenated alkanes) is 1. The molecule has 2 aromatic rings. The van der Waals surface area contributed by atoms with Crippen molar-refractivity contribution in [1.82, 2.24) is 15.3 Å². The maximum atomic E-state index is 12.4. The molecule has 5 nitrogen and oxygen atoms in total. The Bertz CT molecular complexity index is 721. The summed E-state index contributed by atoms with van der Waals surface area (Å²) in [5, 5.41) is 4.70. The van der Waals surface area contributed by atoms with E-state index in [1.165, 1.54) is 0 Å². The molecule has 0 saturated carbocycles. The number of benzene rings is 1. The Labute approximate surface area is 147 Å². The third-order valence-corrected chi connectivity index (χ3v) is 4.73. The van der Waals surface area contributed by atoms with Gasteiger partial charge in [-0.2, -0.15) is 0 Å². The number of hydrogen-bond donors (Lipinski definition) is 1. The summed E-state index contributed by atoms with van der Waals surface area (Å²) < 4.78 is 0. The first-order valence-electron chi connectivity index (χ1n) is 8.62. The first-order chi connectivity index (χ1) is 11.7. The van der Waals surface area contributed by atoms with Gasteiger partial charge in [-0.1, -0.05) is 24.9 Å². The van der Waals surface area contributed by atoms with Crippen molar-refractivity contribution in [2.24, 2.45) is 5.92 Å². The van der Waals surface area contributed by atoms with Gasteiger partial charge in [-0.25, -0.2) is 9.97 Å². The van der Waals surface area contributed by atoms with Crippen LogP contribution in [0.15, 0.2) is 24.5 Å². The molecule has 1 atom stereocenters. The van der Waals surface area contributed by atoms with Crippen molar-refractivity contribution in [3.8, 4) is 0 Å². The van der Waals surface area contributed by atoms with E-state index in [-0.39, 0.29) is 11.8 Å². The molecule has 1 aliphatic rings. The normalized spacial score (nSPS) is 17.9. The number of nitrogens with one attached hydrogen (secondary N) is 1. The number of anilines is 1. The number of rotatable bonds is 5. The van der Waals surface area contributed by atoms with Crippen LogP contribution in [0.1, 0.15) is 32.6 Å². The van der Waals surface area contributed by atoms with Crippen LogP contribution in [0.5, 0.6) is 0 Å². The van der Waals surface area contributed by atoms with Gasteiger partial charge in [0.05, 0.1) is 11.4 Å². The summed E-state index contributed by atoms with van der Waals surface area (Å²) in [6, 6.07) is 5.66. The Balaban J connectivity index is 1.76. The Kier molecular flexibility index (Phi) is 5.51. The van der Waals surface area contributed by atoms with Gasteiger partial charge in [0.2, 0.25) is 5.91 Å². The molecule has 1 aromatic carbocycles. The van der Waals surface area contributed by atoms with Crippen LogP contribution in [-0.2, 0) is 4.79 Å². The van der Waals surface area contributed by atoms with Crippen LogP contribution in [0.25, 0.3) is 10.9 Å². The molecule has 1 aromatic heterocycles. The van der Waals surface area contributed by atoms with Crippen LogP contribution in [0.3, 0.4) is 0 Å². The molecule has 6 heteroatoms. The van der Waals surface area contributed by atoms with Crippen LogP contribution >= 0.6 is 11.6 Å². The molecule has 0 radical (unpaired) electrons. The van der Waals surface area contributed by atoms with Gasteiger partial charge in [-0.3, -0.25) is 4.79 Å². The lowest BCUT2D eigenvalue weighted by atomic mass is 9.96. The van der Waals surface area contributed by atoms with Gasteiger partial charge in [0, 0.05) is 30.0 Å². The summed E-state index contributed by atoms with van der Waals surface area (Å²) in [5.74, 6) is 1.07. The first kappa shape index (κ1) is 17.0. The first-order valence-corrected chi connectivity index (χ1v) is 8.99. The topological polar surface area (TPSA) is 58.1 Å². The second kappa shape index (κ2) is 7.79. The van der Waals surface area contributed by atoms with Crippen molar-refractivity contribution >= 4 is 34.2 Å². The van der Waals surface area contributed by atoms with Crippen LogP contribution < -0.4 is 10.2 Å². The van der Waals surface area contributed by atoms with Crippen molar-refractivity contribution in [1.29, 1.82) is 0 Å². The number of piperidine rings is 1. The number of nitrogens with zero attached hydrogens (tertiary/aromatic N) is 3. The summed E-state index contributed by atoms with van der Waals surface area (Å²) in [4.78, 5) is 23.3. The lowest BCUT2D eigenvalue weighted by Crippen LogP contribution is -2.43. The Morgan fingerprint density at radius 2 is 2.29 bits per heavy atom. The number of carbonyl (C=O) groups excluding carboxylic acids is 1. The summed E-state index contributed by atoms with van der Waals surface area (Å²) in [6.45, 7) is 4.50. The molecule has 3 rings (SSSR count). The molecule has 1 fully saturated rings. The zero-order chi connectivity index (χ0) is 16.9. The van der Waals surface area contributed by atoms with E-state index in [4.69, 9.17) is 11.6 Å². The van der Waals surface area contributed by atoms with E-state index in [9.17, 15) is 4.79 Å². The molecule has 0 bridgehead atoms. The second-order valence-electron chi connectivity index (χ2n) is 6.29. The van der Waals surface area contributed by atoms with Gasteiger partial charge in [-0.15, -0.1) is 0 Å². The van der Waals surface area contributed by atoms with Crippen molar-refractivity contribution in [3.63, 3.8) is 0 Å². The highest BCUT2D eigenvalue weighted by Gasteiger charge is 2.27. The van der Waals surface area contributed by atoms with Gasteiger partial charge in [0.25, 0.3) is 0 Å². The van der Waals surface area contributed by atoms with Crippen molar-refractivity contribution < 1.29 is 4.79 Å². The van der Waals surface area contributed by atoms with E-state index in [1.807, 2.05) is 18.2 Å². The zero-order valence-electron chi connectivity index (χ0n) is 14.0. The largest absolute Gasteiger partial charge is 0.356 e. The molecule has 1 saturated heterocycles. The number of hydrogen-bond acceptors (Lipinski definition) is 4. The van der Waals surface area contributed by atoms with E-state index in [1.54, 1.807) is 6.33 Å². The monoisotopic (exact) mass is 346 g/mol. The van der Waals surface area contributed by atoms with E-state index in [0.29, 0.717) is 11.6 Å². The maximum absolute atomic E-state index is 12.4. The van der Waals surface area contributed by atoms with Crippen LogP contribution in [-0.4, -0.2) is 35.5 Å². The van der Waals surface area contributed by atoms with E-state index in [0.717, 1.165) is 55.5 Å². The second-order valence-corrected chi connectivity index (χ2v) is 6.72. The minimum absolute atomic E-state index is 0.0212. The van der Waals surface area contributed by atoms with Crippen LogP contribution in [0.4, 0.5) is 5.82 Å². The minimum atomic E-state index is 0.0212. The summed E-state index contributed by atoms with van der Waals surface area (Å²) in [6.07, 6.45) is 5.61. The third-order valence-electron chi connectivity index (χ3n) is 4.50. The molecule has 1 aliphatic heterocycles. The van der Waals surface area contributed by atoms with E-state index in [2.05, 4.69) is 27.1 Å². The fourth-order valence-electron chi connectivity index (χ4n) is 3.18. The average molecular weight is 347 g/mol. The molecule has 2 heterocycles. The van der Waals surface area contributed by atoms with Gasteiger partial charge < -0.3 is 10.2 Å². The quantitative estimate of drug-likeness (QED) is 0.843. The van der Waals surface area contributed by atoms with Gasteiger partial charge in [0.15, 0.2) is 0 Å². The van der Waals surface area contributed by atoms with E-state index >= 15 is 0 Å². The van der Waals surface area contributed by atoms with Crippen molar-refractivity contribution in [2.75, 3.05) is 24.5 Å². The fraction of sp³-hybridized carbons (Fsp3) is 0.500. The molecule has 1 unspecified atom stereocenters. The summed E-state index contributed by atoms with van der Waals surface area (Å²) in [5.41, 5.74) is 0.835. The highest BCUT2D eigenvalue weighted by molar-refractivity contribution is 6.31. The molecule has 1 N–H and O–H groups in total. The minimum Gasteiger partial charge on any atom is -0.356 e. The average Bonchev–Trinajstić information content (AvgIpc) is 2.61. The lowest BCUT2D eigenvalue weighted by Gasteiger charge is -2.33. The predicted molar refractivity (Wildman–Crippen MR) is 97.4 cm³/mol. The van der Waals surface area contributed by atoms with Crippen molar-refractivity contribution in [2.45, 2.75) is 32.6 Å². The van der Waals surface area contributed by atoms with Gasteiger partial charge in [0.1, 0.15) is 12.1 Å². The fourth-order valence-corrected chi connectivity index (χ4v) is 3.35. The summed E-state index contributed by atoms with van der Waals surface area (Å²) >= 11 is 6.06. The highest BCUT2D eigenvalue weighted by Crippen LogP contribution is 2.28. The smallest absolute Gasteiger partial charge is 0.224 e. The lowest BCUT2D eigenvalue weighted by molar-refractivity contribution is -0.125. The molecule has 128 valence electrons. The number of amides is 1. The zero-order valence-corrected chi connectivity index (χ0v) is 14.7. The SMILES string of the molecule is CCCCNC(=O)C1CCCN(c2ncnc3cc(Cl)ccc23)C1. The number of halogens is 1. The molecule has 24 heavy (non-hydrogen) atoms. The summed E-state index contributed by atoms with van der Waals surface area (Å²) in [7, 11) is 0. The highest BCUT2D eigenvalue weighted by atomic mass is 35.5. The number of fused-ring (bicyclic) bond motifs is 1. The standard InChI is InChI=1S/C18H23ClN4O/c1-2-3-8-20-18(24)13-5-4-9-23(11-13)17-15-7-6-14(19)10-16(15)21-12-22-17/h6-7,10,12-13H,2-5,8-9,11H2,1H3,(H,20,24). The Hall–Kier alpha value is -1.88. The number of aromatic nitrogens is 2. The Morgan fingerprint density at radius 1 is 1.42 bits per heavy atom. The van der Waals surface area contributed by atoms with Gasteiger partial charge in [-0.05, 0) is 37.5 Å². The Morgan fingerprint density at radius 3 is 3.12 bits per heavy atom. The molecular weight excluding hydrogens is 324 g/mol. The molecule has 0 spiro atoms. The molecule has 1 amide bonds. The maximum Gasteiger partial charge on any atom is 0.224 e. The molecular formula is C18H23ClN4O. The van der Waals surface area contributed by atoms with Crippen LogP contribution in [0, 0.1) is 5.92 Å². The molecule has 0 aliphatic carbocycles.